The number of anilines is 1. The minimum atomic E-state index is 0.577. The molecule has 1 aromatic heterocycles. The summed E-state index contributed by atoms with van der Waals surface area (Å²) < 4.78 is 13.9. The van der Waals surface area contributed by atoms with Gasteiger partial charge in [0.25, 0.3) is 0 Å². The molecule has 0 bridgehead atoms. The van der Waals surface area contributed by atoms with Crippen molar-refractivity contribution in [3.05, 3.63) is 22.2 Å². The van der Waals surface area contributed by atoms with E-state index in [-0.39, 0.29) is 0 Å². The number of hydrogen-bond donors (Lipinski definition) is 1. The number of nitrogens with zero attached hydrogens (tertiary/aromatic N) is 4. The first-order valence-corrected chi connectivity index (χ1v) is 8.06. The zero-order chi connectivity index (χ0) is 15.9. The Hall–Kier alpha value is -1.83. The number of hydrogen-bond acceptors (Lipinski definition) is 6. The molecule has 7 nitrogen and oxygen atoms in total. The molecule has 2 rings (SSSR count). The fraction of sp³-hybridized carbons (Fsp3) is 0.500. The normalized spacial score (nSPS) is 10.5. The van der Waals surface area contributed by atoms with Gasteiger partial charge < -0.3 is 14.8 Å². The molecule has 1 N–H and O–H groups in total. The smallest absolute Gasteiger partial charge is 0.243 e. The van der Waals surface area contributed by atoms with Crippen LogP contribution in [0.1, 0.15) is 26.3 Å². The molecular weight excluding hydrogens is 350 g/mol. The van der Waals surface area contributed by atoms with Gasteiger partial charge in [-0.05, 0) is 48.9 Å². The molecular formula is C14H20BrN5O2. The van der Waals surface area contributed by atoms with Crippen molar-refractivity contribution in [2.45, 2.75) is 33.9 Å². The van der Waals surface area contributed by atoms with Crippen molar-refractivity contribution < 1.29 is 9.47 Å². The average Bonchev–Trinajstić information content (AvgIpc) is 2.96. The molecule has 120 valence electrons. The summed E-state index contributed by atoms with van der Waals surface area (Å²) in [6.07, 6.45) is 0. The highest BCUT2D eigenvalue weighted by Gasteiger charge is 2.12. The van der Waals surface area contributed by atoms with Crippen LogP contribution >= 0.6 is 15.9 Å². The van der Waals surface area contributed by atoms with Crippen molar-refractivity contribution in [2.75, 3.05) is 18.5 Å². The number of ether oxygens (including phenoxy) is 2. The van der Waals surface area contributed by atoms with Gasteiger partial charge in [0.1, 0.15) is 0 Å². The molecule has 0 radical (unpaired) electrons. The molecule has 0 aliphatic carbocycles. The van der Waals surface area contributed by atoms with Gasteiger partial charge in [0.15, 0.2) is 11.5 Å². The minimum absolute atomic E-state index is 0.577. The van der Waals surface area contributed by atoms with Crippen LogP contribution in [0.2, 0.25) is 0 Å². The Kier molecular flexibility index (Phi) is 6.00. The lowest BCUT2D eigenvalue weighted by Gasteiger charge is -2.14. The maximum Gasteiger partial charge on any atom is 0.243 e. The first-order valence-electron chi connectivity index (χ1n) is 7.27. The highest BCUT2D eigenvalue weighted by molar-refractivity contribution is 9.10. The molecule has 0 atom stereocenters. The van der Waals surface area contributed by atoms with Gasteiger partial charge in [-0.3, -0.25) is 0 Å². The van der Waals surface area contributed by atoms with Crippen molar-refractivity contribution in [1.29, 1.82) is 0 Å². The van der Waals surface area contributed by atoms with Crippen molar-refractivity contribution in [3.8, 4) is 11.5 Å². The minimum Gasteiger partial charge on any atom is -0.490 e. The topological polar surface area (TPSA) is 74.1 Å². The zero-order valence-electron chi connectivity index (χ0n) is 13.0. The van der Waals surface area contributed by atoms with Crippen LogP contribution < -0.4 is 14.8 Å². The quantitative estimate of drug-likeness (QED) is 0.770. The van der Waals surface area contributed by atoms with Crippen LogP contribution in [-0.4, -0.2) is 33.4 Å². The Balaban J connectivity index is 2.17. The number of aryl methyl sites for hydroxylation is 1. The second-order valence-corrected chi connectivity index (χ2v) is 5.28. The van der Waals surface area contributed by atoms with Crippen molar-refractivity contribution >= 4 is 21.9 Å². The van der Waals surface area contributed by atoms with E-state index in [4.69, 9.17) is 9.47 Å². The number of tetrazole rings is 1. The predicted molar refractivity (Wildman–Crippen MR) is 87.3 cm³/mol. The molecule has 0 fully saturated rings. The molecule has 0 saturated heterocycles. The van der Waals surface area contributed by atoms with E-state index in [1.807, 2.05) is 32.9 Å². The van der Waals surface area contributed by atoms with Gasteiger partial charge in [-0.2, -0.15) is 0 Å². The lowest BCUT2D eigenvalue weighted by molar-refractivity contribution is 0.287. The second-order valence-electron chi connectivity index (χ2n) is 4.43. The van der Waals surface area contributed by atoms with E-state index in [1.165, 1.54) is 0 Å². The standard InChI is InChI=1S/C14H20BrN5O2/c1-4-20-14(17-18-19-20)16-9-10-7-12(21-5-2)13(22-6-3)8-11(10)15/h7-8H,4-6,9H2,1-3H3,(H,16,17,19). The molecule has 8 heteroatoms. The van der Waals surface area contributed by atoms with Crippen LogP contribution in [0, 0.1) is 0 Å². The predicted octanol–water partition coefficient (Wildman–Crippen LogP) is 2.87. The lowest BCUT2D eigenvalue weighted by atomic mass is 10.2. The highest BCUT2D eigenvalue weighted by atomic mass is 79.9. The maximum absolute atomic E-state index is 5.65. The van der Waals surface area contributed by atoms with Crippen molar-refractivity contribution in [3.63, 3.8) is 0 Å². The number of aromatic nitrogens is 4. The van der Waals surface area contributed by atoms with E-state index in [1.54, 1.807) is 4.68 Å². The zero-order valence-corrected chi connectivity index (χ0v) is 14.6. The summed E-state index contributed by atoms with van der Waals surface area (Å²) in [4.78, 5) is 0. The van der Waals surface area contributed by atoms with E-state index in [0.29, 0.717) is 32.3 Å². The summed E-state index contributed by atoms with van der Waals surface area (Å²) in [7, 11) is 0. The Labute approximate surface area is 138 Å². The first-order chi connectivity index (χ1) is 10.7. The Morgan fingerprint density at radius 2 is 1.82 bits per heavy atom. The molecule has 0 aliphatic rings. The molecule has 1 aromatic carbocycles. The van der Waals surface area contributed by atoms with E-state index in [0.717, 1.165) is 21.5 Å². The summed E-state index contributed by atoms with van der Waals surface area (Å²) >= 11 is 3.57. The molecule has 0 unspecified atom stereocenters. The average molecular weight is 370 g/mol. The van der Waals surface area contributed by atoms with E-state index >= 15 is 0 Å². The van der Waals surface area contributed by atoms with Crippen LogP contribution in [0.4, 0.5) is 5.95 Å². The van der Waals surface area contributed by atoms with Gasteiger partial charge in [-0.25, -0.2) is 4.68 Å². The Morgan fingerprint density at radius 3 is 2.45 bits per heavy atom. The third kappa shape index (κ3) is 3.88. The summed E-state index contributed by atoms with van der Waals surface area (Å²) in [5.41, 5.74) is 1.04. The number of rotatable bonds is 8. The van der Waals surface area contributed by atoms with Crippen LogP contribution in [0.3, 0.4) is 0 Å². The molecule has 22 heavy (non-hydrogen) atoms. The van der Waals surface area contributed by atoms with Crippen molar-refractivity contribution in [2.24, 2.45) is 0 Å². The Morgan fingerprint density at radius 1 is 1.14 bits per heavy atom. The summed E-state index contributed by atoms with van der Waals surface area (Å²) in [6, 6.07) is 3.89. The van der Waals surface area contributed by atoms with E-state index < -0.39 is 0 Å². The van der Waals surface area contributed by atoms with Gasteiger partial charge in [-0.1, -0.05) is 21.0 Å². The van der Waals surface area contributed by atoms with Gasteiger partial charge >= 0.3 is 0 Å². The number of benzene rings is 1. The molecule has 0 spiro atoms. The van der Waals surface area contributed by atoms with Crippen LogP contribution in [0.25, 0.3) is 0 Å². The number of nitrogens with one attached hydrogen (secondary N) is 1. The lowest BCUT2D eigenvalue weighted by Crippen LogP contribution is -2.09. The molecule has 0 amide bonds. The molecule has 2 aromatic rings. The molecule has 0 aliphatic heterocycles. The summed E-state index contributed by atoms with van der Waals surface area (Å²) in [5.74, 6) is 2.11. The first kappa shape index (κ1) is 16.5. The fourth-order valence-corrected chi connectivity index (χ4v) is 2.43. The van der Waals surface area contributed by atoms with Crippen LogP contribution in [0.5, 0.6) is 11.5 Å². The summed E-state index contributed by atoms with van der Waals surface area (Å²) in [5, 5.41) is 14.7. The third-order valence-corrected chi connectivity index (χ3v) is 3.72. The van der Waals surface area contributed by atoms with Gasteiger partial charge in [-0.15, -0.1) is 0 Å². The molecule has 1 heterocycles. The molecule has 0 saturated carbocycles. The van der Waals surface area contributed by atoms with Crippen LogP contribution in [-0.2, 0) is 13.1 Å². The highest BCUT2D eigenvalue weighted by Crippen LogP contribution is 2.34. The van der Waals surface area contributed by atoms with Gasteiger partial charge in [0.05, 0.1) is 13.2 Å². The number of halogens is 1. The monoisotopic (exact) mass is 369 g/mol. The maximum atomic E-state index is 5.65. The Bertz CT molecular complexity index is 617. The van der Waals surface area contributed by atoms with Crippen molar-refractivity contribution in [1.82, 2.24) is 20.2 Å². The fourth-order valence-electron chi connectivity index (χ4n) is 1.97. The third-order valence-electron chi connectivity index (χ3n) is 2.98. The largest absolute Gasteiger partial charge is 0.490 e. The van der Waals surface area contributed by atoms with Gasteiger partial charge in [0, 0.05) is 17.6 Å². The SMILES string of the molecule is CCOc1cc(Br)c(CNc2nnnn2CC)cc1OCC. The second kappa shape index (κ2) is 7.98. The summed E-state index contributed by atoms with van der Waals surface area (Å²) in [6.45, 7) is 8.35. The van der Waals surface area contributed by atoms with E-state index in [2.05, 4.69) is 36.8 Å². The van der Waals surface area contributed by atoms with Crippen LogP contribution in [0.15, 0.2) is 16.6 Å². The van der Waals surface area contributed by atoms with E-state index in [9.17, 15) is 0 Å². The van der Waals surface area contributed by atoms with Gasteiger partial charge in [0.2, 0.25) is 5.95 Å².